The molecular formula is C20H18N2O6. The second-order valence-corrected chi connectivity index (χ2v) is 5.96. The number of anilines is 2. The zero-order valence-electron chi connectivity index (χ0n) is 15.4. The molecule has 1 fully saturated rings. The van der Waals surface area contributed by atoms with Crippen molar-refractivity contribution in [2.75, 3.05) is 24.0 Å². The molecule has 2 aliphatic rings. The van der Waals surface area contributed by atoms with Crippen LogP contribution in [-0.4, -0.2) is 38.0 Å². The summed E-state index contributed by atoms with van der Waals surface area (Å²) in [6, 6.07) is 6.56. The summed E-state index contributed by atoms with van der Waals surface area (Å²) in [5, 5.41) is 0. The third kappa shape index (κ3) is 3.44. The first kappa shape index (κ1) is 19.1. The normalized spacial score (nSPS) is 16.5. The number of imide groups is 1. The van der Waals surface area contributed by atoms with Crippen LogP contribution in [0.3, 0.4) is 0 Å². The fraction of sp³-hybridized carbons (Fsp3) is 0.200. The van der Waals surface area contributed by atoms with Crippen LogP contribution in [0.5, 0.6) is 0 Å². The number of benzene rings is 1. The largest absolute Gasteiger partial charge is 0.465 e. The lowest BCUT2D eigenvalue weighted by atomic mass is 10.1. The fourth-order valence-corrected chi connectivity index (χ4v) is 3.01. The molecule has 8 heteroatoms. The molecule has 0 radical (unpaired) electrons. The summed E-state index contributed by atoms with van der Waals surface area (Å²) in [5.74, 6) is -2.01. The van der Waals surface area contributed by atoms with Gasteiger partial charge in [-0.3, -0.25) is 14.5 Å². The number of carbonyl (C=O) groups excluding carboxylic acids is 4. The van der Waals surface area contributed by atoms with Gasteiger partial charge in [-0.15, -0.1) is 0 Å². The Morgan fingerprint density at radius 3 is 2.21 bits per heavy atom. The fourth-order valence-electron chi connectivity index (χ4n) is 3.01. The maximum Gasteiger partial charge on any atom is 0.355 e. The molecule has 0 aromatic heterocycles. The van der Waals surface area contributed by atoms with Crippen LogP contribution in [0.2, 0.25) is 0 Å². The minimum atomic E-state index is -0.740. The van der Waals surface area contributed by atoms with Crippen LogP contribution < -0.4 is 9.80 Å². The molecule has 0 aliphatic carbocycles. The van der Waals surface area contributed by atoms with Crippen molar-refractivity contribution < 1.29 is 28.7 Å². The molecule has 1 aromatic carbocycles. The van der Waals surface area contributed by atoms with Gasteiger partial charge in [0.05, 0.1) is 25.5 Å². The Kier molecular flexibility index (Phi) is 5.39. The number of hydrogen-bond acceptors (Lipinski definition) is 7. The van der Waals surface area contributed by atoms with Crippen molar-refractivity contribution in [3.05, 3.63) is 60.0 Å². The van der Waals surface area contributed by atoms with Crippen molar-refractivity contribution >= 4 is 35.1 Å². The highest BCUT2D eigenvalue weighted by atomic mass is 16.5. The molecule has 8 nitrogen and oxygen atoms in total. The smallest absolute Gasteiger partial charge is 0.355 e. The van der Waals surface area contributed by atoms with E-state index < -0.39 is 11.9 Å². The zero-order chi connectivity index (χ0) is 20.3. The van der Waals surface area contributed by atoms with Crippen LogP contribution in [0.15, 0.2) is 60.0 Å². The average Bonchev–Trinajstić information content (AvgIpc) is 2.92. The van der Waals surface area contributed by atoms with E-state index in [1.54, 1.807) is 42.6 Å². The Hall–Kier alpha value is -3.68. The molecule has 1 aromatic rings. The van der Waals surface area contributed by atoms with Gasteiger partial charge in [-0.25, -0.2) is 9.59 Å². The molecule has 1 saturated heterocycles. The molecule has 2 heterocycles. The van der Waals surface area contributed by atoms with E-state index in [0.29, 0.717) is 11.4 Å². The molecule has 2 amide bonds. The number of esters is 2. The van der Waals surface area contributed by atoms with Gasteiger partial charge in [0.15, 0.2) is 0 Å². The van der Waals surface area contributed by atoms with Crippen molar-refractivity contribution in [2.45, 2.75) is 12.8 Å². The zero-order valence-corrected chi connectivity index (χ0v) is 15.4. The summed E-state index contributed by atoms with van der Waals surface area (Å²) in [7, 11) is 2.42. The van der Waals surface area contributed by atoms with Crippen LogP contribution in [0.1, 0.15) is 12.8 Å². The van der Waals surface area contributed by atoms with Gasteiger partial charge in [-0.2, -0.15) is 0 Å². The van der Waals surface area contributed by atoms with Crippen LogP contribution in [0.4, 0.5) is 11.4 Å². The first-order valence-electron chi connectivity index (χ1n) is 8.48. The Morgan fingerprint density at radius 2 is 1.57 bits per heavy atom. The Labute approximate surface area is 161 Å². The monoisotopic (exact) mass is 382 g/mol. The van der Waals surface area contributed by atoms with E-state index >= 15 is 0 Å². The van der Waals surface area contributed by atoms with Gasteiger partial charge in [0.25, 0.3) is 0 Å². The molecule has 28 heavy (non-hydrogen) atoms. The number of amides is 2. The third-order valence-electron chi connectivity index (χ3n) is 4.31. The highest BCUT2D eigenvalue weighted by molar-refractivity contribution is 6.20. The van der Waals surface area contributed by atoms with Crippen molar-refractivity contribution in [3.8, 4) is 0 Å². The SMILES string of the molecule is COC(=O)C1=C(C(=O)OC)N(c2cccc(N3C(=O)CCC3=O)c2)C=CC=C1. The Bertz CT molecular complexity index is 928. The Morgan fingerprint density at radius 1 is 0.929 bits per heavy atom. The maximum absolute atomic E-state index is 12.5. The number of allylic oxidation sites excluding steroid dienone is 2. The van der Waals surface area contributed by atoms with Gasteiger partial charge in [0, 0.05) is 24.7 Å². The molecule has 2 aliphatic heterocycles. The molecular weight excluding hydrogens is 364 g/mol. The predicted octanol–water partition coefficient (Wildman–Crippen LogP) is 1.83. The minimum absolute atomic E-state index is 0.0121. The summed E-state index contributed by atoms with van der Waals surface area (Å²) in [4.78, 5) is 51.3. The summed E-state index contributed by atoms with van der Waals surface area (Å²) in [6.07, 6.45) is 6.58. The lowest BCUT2D eigenvalue weighted by Crippen LogP contribution is -2.29. The summed E-state index contributed by atoms with van der Waals surface area (Å²) >= 11 is 0. The third-order valence-corrected chi connectivity index (χ3v) is 4.31. The number of ether oxygens (including phenoxy) is 2. The molecule has 144 valence electrons. The molecule has 0 bridgehead atoms. The van der Waals surface area contributed by atoms with Gasteiger partial charge in [-0.1, -0.05) is 12.1 Å². The second-order valence-electron chi connectivity index (χ2n) is 5.96. The summed E-state index contributed by atoms with van der Waals surface area (Å²) in [5.41, 5.74) is 0.819. The van der Waals surface area contributed by atoms with E-state index in [1.165, 1.54) is 25.2 Å². The lowest BCUT2D eigenvalue weighted by Gasteiger charge is -2.24. The van der Waals surface area contributed by atoms with E-state index in [-0.39, 0.29) is 35.9 Å². The maximum atomic E-state index is 12.5. The topological polar surface area (TPSA) is 93.2 Å². The number of rotatable bonds is 4. The molecule has 0 atom stereocenters. The van der Waals surface area contributed by atoms with Gasteiger partial charge in [0.2, 0.25) is 11.8 Å². The standard InChI is InChI=1S/C20H18N2O6/c1-27-19(25)15-8-3-4-11-21(18(15)20(26)28-2)13-6-5-7-14(12-13)22-16(23)9-10-17(22)24/h3-8,11-12H,9-10H2,1-2H3. The van der Waals surface area contributed by atoms with E-state index in [9.17, 15) is 19.2 Å². The van der Waals surface area contributed by atoms with E-state index in [4.69, 9.17) is 9.47 Å². The van der Waals surface area contributed by atoms with E-state index in [0.717, 1.165) is 4.90 Å². The molecule has 0 unspecified atom stereocenters. The quantitative estimate of drug-likeness (QED) is 0.579. The van der Waals surface area contributed by atoms with Gasteiger partial charge >= 0.3 is 11.9 Å². The van der Waals surface area contributed by atoms with Crippen LogP contribution in [0.25, 0.3) is 0 Å². The minimum Gasteiger partial charge on any atom is -0.465 e. The Balaban J connectivity index is 2.11. The highest BCUT2D eigenvalue weighted by Crippen LogP contribution is 2.31. The summed E-state index contributed by atoms with van der Waals surface area (Å²) in [6.45, 7) is 0. The number of hydrogen-bond donors (Lipinski definition) is 0. The van der Waals surface area contributed by atoms with Crippen molar-refractivity contribution in [1.82, 2.24) is 0 Å². The average molecular weight is 382 g/mol. The van der Waals surface area contributed by atoms with Crippen molar-refractivity contribution in [3.63, 3.8) is 0 Å². The first-order chi connectivity index (χ1) is 13.5. The van der Waals surface area contributed by atoms with Crippen LogP contribution >= 0.6 is 0 Å². The second kappa shape index (κ2) is 7.91. The van der Waals surface area contributed by atoms with Gasteiger partial charge < -0.3 is 14.4 Å². The van der Waals surface area contributed by atoms with E-state index in [2.05, 4.69) is 0 Å². The number of carbonyl (C=O) groups is 4. The van der Waals surface area contributed by atoms with Gasteiger partial charge in [0.1, 0.15) is 5.70 Å². The number of nitrogens with zero attached hydrogens (tertiary/aromatic N) is 2. The molecule has 3 rings (SSSR count). The first-order valence-corrected chi connectivity index (χ1v) is 8.48. The summed E-state index contributed by atoms with van der Waals surface area (Å²) < 4.78 is 9.63. The van der Waals surface area contributed by atoms with Crippen molar-refractivity contribution in [2.24, 2.45) is 0 Å². The van der Waals surface area contributed by atoms with Gasteiger partial charge in [-0.05, 0) is 30.4 Å². The highest BCUT2D eigenvalue weighted by Gasteiger charge is 2.32. The van der Waals surface area contributed by atoms with Crippen LogP contribution in [0, 0.1) is 0 Å². The van der Waals surface area contributed by atoms with Crippen LogP contribution in [-0.2, 0) is 28.7 Å². The molecule has 0 saturated carbocycles. The van der Waals surface area contributed by atoms with E-state index in [1.807, 2.05) is 0 Å². The molecule has 0 N–H and O–H groups in total. The van der Waals surface area contributed by atoms with Crippen molar-refractivity contribution in [1.29, 1.82) is 0 Å². The number of methoxy groups -OCH3 is 2. The molecule has 0 spiro atoms. The predicted molar refractivity (Wildman–Crippen MR) is 100.0 cm³/mol. The lowest BCUT2D eigenvalue weighted by molar-refractivity contribution is -0.139.